The molecule has 1 aromatic rings. The summed E-state index contributed by atoms with van der Waals surface area (Å²) in [5.41, 5.74) is -1.48. The number of amides is 1. The number of benzene rings is 1. The summed E-state index contributed by atoms with van der Waals surface area (Å²) in [6.07, 6.45) is -4.82. The Kier molecular flexibility index (Phi) is 4.11. The highest BCUT2D eigenvalue weighted by molar-refractivity contribution is 5.94. The summed E-state index contributed by atoms with van der Waals surface area (Å²) < 4.78 is 50.8. The van der Waals surface area contributed by atoms with Gasteiger partial charge in [-0.05, 0) is 19.1 Å². The summed E-state index contributed by atoms with van der Waals surface area (Å²) in [5.74, 6) is -2.47. The van der Waals surface area contributed by atoms with Gasteiger partial charge in [-0.3, -0.25) is 4.79 Å². The van der Waals surface area contributed by atoms with Crippen molar-refractivity contribution in [2.75, 3.05) is 6.54 Å². The van der Waals surface area contributed by atoms with Crippen LogP contribution in [0.3, 0.4) is 0 Å². The second-order valence-electron chi connectivity index (χ2n) is 3.80. The van der Waals surface area contributed by atoms with Crippen molar-refractivity contribution in [2.24, 2.45) is 0 Å². The molecule has 0 saturated heterocycles. The van der Waals surface area contributed by atoms with Gasteiger partial charge in [-0.15, -0.1) is 0 Å². The van der Waals surface area contributed by atoms with Crippen LogP contribution in [0.5, 0.6) is 0 Å². The van der Waals surface area contributed by atoms with Crippen LogP contribution in [-0.2, 0) is 6.18 Å². The highest BCUT2D eigenvalue weighted by atomic mass is 19.4. The fraction of sp³-hybridized carbons (Fsp3) is 0.250. The van der Waals surface area contributed by atoms with Gasteiger partial charge in [0.1, 0.15) is 5.82 Å². The molecule has 0 heterocycles. The number of hydrogen-bond acceptors (Lipinski definition) is 1. The van der Waals surface area contributed by atoms with E-state index in [2.05, 4.69) is 11.9 Å². The predicted molar refractivity (Wildman–Crippen MR) is 58.5 cm³/mol. The van der Waals surface area contributed by atoms with Gasteiger partial charge < -0.3 is 5.32 Å². The first-order valence-electron chi connectivity index (χ1n) is 5.01. The smallest absolute Gasteiger partial charge is 0.348 e. The zero-order valence-electron chi connectivity index (χ0n) is 9.57. The molecular weight excluding hydrogens is 250 g/mol. The van der Waals surface area contributed by atoms with Crippen molar-refractivity contribution in [2.45, 2.75) is 13.1 Å². The molecule has 0 fully saturated rings. The first-order valence-corrected chi connectivity index (χ1v) is 5.01. The Morgan fingerprint density at radius 3 is 2.50 bits per heavy atom. The van der Waals surface area contributed by atoms with E-state index in [4.69, 9.17) is 0 Å². The topological polar surface area (TPSA) is 29.1 Å². The van der Waals surface area contributed by atoms with E-state index in [9.17, 15) is 22.4 Å². The maximum atomic E-state index is 13.5. The molecule has 0 saturated carbocycles. The van der Waals surface area contributed by atoms with Crippen LogP contribution in [0.4, 0.5) is 17.6 Å². The molecule has 1 aromatic carbocycles. The second kappa shape index (κ2) is 5.20. The maximum Gasteiger partial charge on any atom is 0.419 e. The maximum absolute atomic E-state index is 13.5. The zero-order valence-corrected chi connectivity index (χ0v) is 9.57. The summed E-state index contributed by atoms with van der Waals surface area (Å²) in [4.78, 5) is 11.5. The largest absolute Gasteiger partial charge is 0.419 e. The van der Waals surface area contributed by atoms with Crippen molar-refractivity contribution in [1.29, 1.82) is 0 Å². The SMILES string of the molecule is C=C(C)CNC(=O)c1cccc(C(F)(F)F)c1F. The van der Waals surface area contributed by atoms with Gasteiger partial charge in [0.2, 0.25) is 0 Å². The van der Waals surface area contributed by atoms with Crippen LogP contribution in [0, 0.1) is 5.82 Å². The molecule has 0 aromatic heterocycles. The van der Waals surface area contributed by atoms with E-state index in [0.29, 0.717) is 11.6 Å². The lowest BCUT2D eigenvalue weighted by atomic mass is 10.1. The highest BCUT2D eigenvalue weighted by Gasteiger charge is 2.35. The van der Waals surface area contributed by atoms with Crippen LogP contribution in [0.15, 0.2) is 30.4 Å². The average molecular weight is 261 g/mol. The molecule has 0 atom stereocenters. The van der Waals surface area contributed by atoms with Crippen molar-refractivity contribution in [3.05, 3.63) is 47.3 Å². The Morgan fingerprint density at radius 2 is 2.00 bits per heavy atom. The number of alkyl halides is 3. The molecule has 0 aliphatic heterocycles. The average Bonchev–Trinajstić information content (AvgIpc) is 2.24. The number of nitrogens with one attached hydrogen (secondary N) is 1. The quantitative estimate of drug-likeness (QED) is 0.657. The normalized spacial score (nSPS) is 11.2. The van der Waals surface area contributed by atoms with Gasteiger partial charge in [0, 0.05) is 6.54 Å². The summed E-state index contributed by atoms with van der Waals surface area (Å²) in [5, 5.41) is 2.27. The summed E-state index contributed by atoms with van der Waals surface area (Å²) in [6, 6.07) is 2.57. The molecule has 0 aliphatic carbocycles. The molecule has 2 nitrogen and oxygen atoms in total. The molecule has 0 radical (unpaired) electrons. The number of hydrogen-bond donors (Lipinski definition) is 1. The predicted octanol–water partition coefficient (Wildman–Crippen LogP) is 3.15. The molecule has 6 heteroatoms. The number of halogens is 4. The first-order chi connectivity index (χ1) is 8.23. The molecule has 98 valence electrons. The van der Waals surface area contributed by atoms with Gasteiger partial charge >= 0.3 is 6.18 Å². The van der Waals surface area contributed by atoms with Crippen LogP contribution in [0.2, 0.25) is 0 Å². The molecule has 0 bridgehead atoms. The first kappa shape index (κ1) is 14.2. The van der Waals surface area contributed by atoms with Crippen molar-refractivity contribution < 1.29 is 22.4 Å². The van der Waals surface area contributed by atoms with Gasteiger partial charge in [-0.1, -0.05) is 18.2 Å². The number of rotatable bonds is 3. The lowest BCUT2D eigenvalue weighted by Gasteiger charge is -2.11. The van der Waals surface area contributed by atoms with Crippen molar-refractivity contribution in [1.82, 2.24) is 5.32 Å². The third kappa shape index (κ3) is 3.32. The molecule has 1 rings (SSSR count). The highest BCUT2D eigenvalue weighted by Crippen LogP contribution is 2.32. The van der Waals surface area contributed by atoms with E-state index in [1.807, 2.05) is 0 Å². The van der Waals surface area contributed by atoms with Crippen molar-refractivity contribution in [3.8, 4) is 0 Å². The van der Waals surface area contributed by atoms with E-state index in [1.165, 1.54) is 0 Å². The van der Waals surface area contributed by atoms with Gasteiger partial charge in [-0.25, -0.2) is 4.39 Å². The Hall–Kier alpha value is -1.85. The van der Waals surface area contributed by atoms with Crippen LogP contribution in [0.25, 0.3) is 0 Å². The monoisotopic (exact) mass is 261 g/mol. The number of carbonyl (C=O) groups excluding carboxylic acids is 1. The number of carbonyl (C=O) groups is 1. The van der Waals surface area contributed by atoms with E-state index < -0.39 is 29.0 Å². The fourth-order valence-corrected chi connectivity index (χ4v) is 1.25. The lowest BCUT2D eigenvalue weighted by Crippen LogP contribution is -2.26. The standard InChI is InChI=1S/C12H11F4NO/c1-7(2)6-17-11(18)8-4-3-5-9(10(8)13)12(14,15)16/h3-5H,1,6H2,2H3,(H,17,18). The minimum absolute atomic E-state index is 0.0779. The van der Waals surface area contributed by atoms with E-state index in [-0.39, 0.29) is 6.54 Å². The molecule has 0 spiro atoms. The minimum atomic E-state index is -4.82. The second-order valence-corrected chi connectivity index (χ2v) is 3.80. The third-order valence-electron chi connectivity index (χ3n) is 2.10. The zero-order chi connectivity index (χ0) is 13.9. The molecule has 18 heavy (non-hydrogen) atoms. The molecule has 1 amide bonds. The van der Waals surface area contributed by atoms with Crippen LogP contribution in [-0.4, -0.2) is 12.5 Å². The van der Waals surface area contributed by atoms with Crippen molar-refractivity contribution >= 4 is 5.91 Å². The molecular formula is C12H11F4NO. The Balaban J connectivity index is 3.04. The summed E-state index contributed by atoms with van der Waals surface area (Å²) in [6.45, 7) is 5.22. The Bertz CT molecular complexity index is 479. The Labute approximate surface area is 101 Å². The van der Waals surface area contributed by atoms with Gasteiger partial charge in [0.15, 0.2) is 0 Å². The van der Waals surface area contributed by atoms with Crippen LogP contribution in [0.1, 0.15) is 22.8 Å². The van der Waals surface area contributed by atoms with Gasteiger partial charge in [0.25, 0.3) is 5.91 Å². The van der Waals surface area contributed by atoms with Crippen LogP contribution < -0.4 is 5.32 Å². The summed E-state index contributed by atoms with van der Waals surface area (Å²) >= 11 is 0. The minimum Gasteiger partial charge on any atom is -0.348 e. The Morgan fingerprint density at radius 1 is 1.39 bits per heavy atom. The summed E-state index contributed by atoms with van der Waals surface area (Å²) in [7, 11) is 0. The third-order valence-corrected chi connectivity index (χ3v) is 2.10. The van der Waals surface area contributed by atoms with Crippen molar-refractivity contribution in [3.63, 3.8) is 0 Å². The van der Waals surface area contributed by atoms with Crippen LogP contribution >= 0.6 is 0 Å². The van der Waals surface area contributed by atoms with Gasteiger partial charge in [-0.2, -0.15) is 13.2 Å². The van der Waals surface area contributed by atoms with Gasteiger partial charge in [0.05, 0.1) is 11.1 Å². The van der Waals surface area contributed by atoms with E-state index in [0.717, 1.165) is 12.1 Å². The molecule has 0 aliphatic rings. The van der Waals surface area contributed by atoms with E-state index in [1.54, 1.807) is 6.92 Å². The molecule has 1 N–H and O–H groups in total. The van der Waals surface area contributed by atoms with E-state index >= 15 is 0 Å². The lowest BCUT2D eigenvalue weighted by molar-refractivity contribution is -0.140. The molecule has 0 unspecified atom stereocenters. The fourth-order valence-electron chi connectivity index (χ4n) is 1.25.